The summed E-state index contributed by atoms with van der Waals surface area (Å²) in [5.41, 5.74) is 2.14. The van der Waals surface area contributed by atoms with E-state index in [0.29, 0.717) is 11.1 Å². The third-order valence-corrected chi connectivity index (χ3v) is 4.39. The van der Waals surface area contributed by atoms with Crippen LogP contribution in [0.4, 0.5) is 0 Å². The molecule has 0 aliphatic carbocycles. The molecule has 108 valence electrons. The number of aromatic nitrogens is 1. The van der Waals surface area contributed by atoms with Gasteiger partial charge in [0.05, 0.1) is 0 Å². The monoisotopic (exact) mass is 271 g/mol. The van der Waals surface area contributed by atoms with Gasteiger partial charge in [0.2, 0.25) is 0 Å². The summed E-state index contributed by atoms with van der Waals surface area (Å²) in [6.07, 6.45) is 5.63. The van der Waals surface area contributed by atoms with Crippen LogP contribution >= 0.6 is 0 Å². The Kier molecular flexibility index (Phi) is 4.77. The average Bonchev–Trinajstić information content (AvgIpc) is 2.64. The van der Waals surface area contributed by atoms with Gasteiger partial charge in [-0.05, 0) is 61.4 Å². The molecule has 1 fully saturated rings. The fourth-order valence-electron chi connectivity index (χ4n) is 3.07. The third-order valence-electron chi connectivity index (χ3n) is 4.39. The van der Waals surface area contributed by atoms with Crippen LogP contribution in [0.5, 0.6) is 0 Å². The van der Waals surface area contributed by atoms with Crippen LogP contribution in [0, 0.1) is 22.7 Å². The second-order valence-electron chi connectivity index (χ2n) is 6.93. The van der Waals surface area contributed by atoms with Crippen molar-refractivity contribution in [1.82, 2.24) is 9.88 Å². The van der Waals surface area contributed by atoms with Gasteiger partial charge in [-0.25, -0.2) is 4.98 Å². The number of nitrogens with zero attached hydrogens (tertiary/aromatic N) is 3. The van der Waals surface area contributed by atoms with Crippen molar-refractivity contribution in [3.63, 3.8) is 0 Å². The molecule has 1 aromatic heterocycles. The molecule has 20 heavy (non-hydrogen) atoms. The maximum absolute atomic E-state index is 8.91. The van der Waals surface area contributed by atoms with Crippen LogP contribution in [0.15, 0.2) is 18.3 Å². The zero-order valence-corrected chi connectivity index (χ0v) is 12.9. The lowest BCUT2D eigenvalue weighted by Gasteiger charge is -2.29. The minimum Gasteiger partial charge on any atom is -0.299 e. The van der Waals surface area contributed by atoms with Gasteiger partial charge in [-0.15, -0.1) is 0 Å². The van der Waals surface area contributed by atoms with Crippen molar-refractivity contribution >= 4 is 0 Å². The minimum absolute atomic E-state index is 0.417. The molecule has 1 aliphatic heterocycles. The average molecular weight is 271 g/mol. The number of nitriles is 1. The van der Waals surface area contributed by atoms with E-state index in [-0.39, 0.29) is 0 Å². The predicted molar refractivity (Wildman–Crippen MR) is 81.0 cm³/mol. The van der Waals surface area contributed by atoms with Crippen LogP contribution in [0.25, 0.3) is 0 Å². The molecule has 1 unspecified atom stereocenters. The van der Waals surface area contributed by atoms with Crippen molar-refractivity contribution in [3.8, 4) is 6.07 Å². The Labute approximate surface area is 122 Å². The molecule has 0 amide bonds. The normalized spacial score (nSPS) is 21.2. The highest BCUT2D eigenvalue weighted by atomic mass is 15.1. The van der Waals surface area contributed by atoms with Gasteiger partial charge in [0.1, 0.15) is 11.8 Å². The summed E-state index contributed by atoms with van der Waals surface area (Å²) in [5, 5.41) is 8.91. The summed E-state index contributed by atoms with van der Waals surface area (Å²) in [4.78, 5) is 6.55. The van der Waals surface area contributed by atoms with Crippen molar-refractivity contribution in [2.45, 2.75) is 46.6 Å². The van der Waals surface area contributed by atoms with Crippen LogP contribution in [0.1, 0.15) is 51.3 Å². The fraction of sp³-hybridized carbons (Fsp3) is 0.647. The van der Waals surface area contributed by atoms with E-state index in [4.69, 9.17) is 5.26 Å². The number of rotatable bonds is 2. The topological polar surface area (TPSA) is 39.9 Å². The third kappa shape index (κ3) is 4.05. The predicted octanol–water partition coefficient (Wildman–Crippen LogP) is 3.60. The van der Waals surface area contributed by atoms with E-state index in [9.17, 15) is 0 Å². The van der Waals surface area contributed by atoms with Gasteiger partial charge in [-0.2, -0.15) is 5.26 Å². The first-order valence-corrected chi connectivity index (χ1v) is 7.56. The molecule has 0 spiro atoms. The highest BCUT2D eigenvalue weighted by Crippen LogP contribution is 2.34. The standard InChI is InChI=1S/C17H25N3/c1-17(2,3)15-5-4-9-20(10-7-15)13-14-6-8-19-16(11-14)12-18/h6,8,11,15H,4-5,7,9-10,13H2,1-3H3. The summed E-state index contributed by atoms with van der Waals surface area (Å²) in [5.74, 6) is 0.819. The molecule has 2 heterocycles. The fourth-order valence-corrected chi connectivity index (χ4v) is 3.07. The molecule has 0 bridgehead atoms. The van der Waals surface area contributed by atoms with E-state index >= 15 is 0 Å². The van der Waals surface area contributed by atoms with Gasteiger partial charge < -0.3 is 0 Å². The molecule has 1 aliphatic rings. The Bertz CT molecular complexity index is 482. The Hall–Kier alpha value is -1.40. The van der Waals surface area contributed by atoms with E-state index < -0.39 is 0 Å². The molecule has 0 N–H and O–H groups in total. The van der Waals surface area contributed by atoms with Crippen molar-refractivity contribution in [2.75, 3.05) is 13.1 Å². The first-order valence-electron chi connectivity index (χ1n) is 7.56. The number of likely N-dealkylation sites (tertiary alicyclic amines) is 1. The molecule has 0 aromatic carbocycles. The Morgan fingerprint density at radius 2 is 2.15 bits per heavy atom. The molecule has 0 radical (unpaired) electrons. The van der Waals surface area contributed by atoms with Gasteiger partial charge in [0.15, 0.2) is 0 Å². The van der Waals surface area contributed by atoms with E-state index in [1.165, 1.54) is 24.8 Å². The van der Waals surface area contributed by atoms with E-state index in [1.807, 2.05) is 12.1 Å². The Morgan fingerprint density at radius 1 is 1.35 bits per heavy atom. The Morgan fingerprint density at radius 3 is 2.85 bits per heavy atom. The quantitative estimate of drug-likeness (QED) is 0.825. The summed E-state index contributed by atoms with van der Waals surface area (Å²) in [6, 6.07) is 6.04. The lowest BCUT2D eigenvalue weighted by molar-refractivity contribution is 0.206. The summed E-state index contributed by atoms with van der Waals surface area (Å²) < 4.78 is 0. The van der Waals surface area contributed by atoms with E-state index in [0.717, 1.165) is 25.6 Å². The molecule has 0 saturated carbocycles. The lowest BCUT2D eigenvalue weighted by Crippen LogP contribution is -2.26. The van der Waals surface area contributed by atoms with Gasteiger partial charge >= 0.3 is 0 Å². The Balaban J connectivity index is 1.96. The maximum atomic E-state index is 8.91. The van der Waals surface area contributed by atoms with E-state index in [1.54, 1.807) is 6.20 Å². The summed E-state index contributed by atoms with van der Waals surface area (Å²) in [7, 11) is 0. The SMILES string of the molecule is CC(C)(C)C1CCCN(Cc2ccnc(C#N)c2)CC1. The van der Waals surface area contributed by atoms with Crippen LogP contribution in [-0.4, -0.2) is 23.0 Å². The van der Waals surface area contributed by atoms with Crippen LogP contribution in [-0.2, 0) is 6.54 Å². The smallest absolute Gasteiger partial charge is 0.140 e. The van der Waals surface area contributed by atoms with Crippen molar-refractivity contribution < 1.29 is 0 Å². The van der Waals surface area contributed by atoms with Crippen LogP contribution < -0.4 is 0 Å². The molecule has 2 rings (SSSR count). The zero-order valence-electron chi connectivity index (χ0n) is 12.9. The largest absolute Gasteiger partial charge is 0.299 e. The molecule has 1 aromatic rings. The number of hydrogen-bond donors (Lipinski definition) is 0. The van der Waals surface area contributed by atoms with Gasteiger partial charge in [0.25, 0.3) is 0 Å². The maximum Gasteiger partial charge on any atom is 0.140 e. The molecule has 3 heteroatoms. The number of pyridine rings is 1. The summed E-state index contributed by atoms with van der Waals surface area (Å²) in [6.45, 7) is 10.3. The van der Waals surface area contributed by atoms with Crippen LogP contribution in [0.3, 0.4) is 0 Å². The minimum atomic E-state index is 0.417. The molecule has 3 nitrogen and oxygen atoms in total. The van der Waals surface area contributed by atoms with Crippen molar-refractivity contribution in [2.24, 2.45) is 11.3 Å². The number of hydrogen-bond acceptors (Lipinski definition) is 3. The van der Waals surface area contributed by atoms with Crippen LogP contribution in [0.2, 0.25) is 0 Å². The van der Waals surface area contributed by atoms with E-state index in [2.05, 4.69) is 36.7 Å². The molecular weight excluding hydrogens is 246 g/mol. The van der Waals surface area contributed by atoms with Gasteiger partial charge in [-0.3, -0.25) is 4.90 Å². The highest BCUT2D eigenvalue weighted by Gasteiger charge is 2.26. The molecule has 1 saturated heterocycles. The first-order chi connectivity index (χ1) is 9.49. The van der Waals surface area contributed by atoms with Crippen molar-refractivity contribution in [1.29, 1.82) is 5.26 Å². The first kappa shape index (κ1) is 15.0. The molecule has 1 atom stereocenters. The van der Waals surface area contributed by atoms with Crippen molar-refractivity contribution in [3.05, 3.63) is 29.6 Å². The molecular formula is C17H25N3. The lowest BCUT2D eigenvalue weighted by atomic mass is 9.77. The second kappa shape index (κ2) is 6.37. The summed E-state index contributed by atoms with van der Waals surface area (Å²) >= 11 is 0. The zero-order chi connectivity index (χ0) is 14.6. The second-order valence-corrected chi connectivity index (χ2v) is 6.93. The van der Waals surface area contributed by atoms with Gasteiger partial charge in [0, 0.05) is 12.7 Å². The van der Waals surface area contributed by atoms with Gasteiger partial charge in [-0.1, -0.05) is 20.8 Å². The highest BCUT2D eigenvalue weighted by molar-refractivity contribution is 5.25.